The summed E-state index contributed by atoms with van der Waals surface area (Å²) in [6, 6.07) is 7.72. The van der Waals surface area contributed by atoms with E-state index in [1.807, 2.05) is 24.3 Å². The van der Waals surface area contributed by atoms with Crippen LogP contribution in [0.1, 0.15) is 12.6 Å². The molecule has 3 N–H and O–H groups in total. The summed E-state index contributed by atoms with van der Waals surface area (Å²) in [6.07, 6.45) is -2.71. The van der Waals surface area contributed by atoms with Gasteiger partial charge in [-0.3, -0.25) is 5.10 Å². The first kappa shape index (κ1) is 24.5. The second-order valence-electron chi connectivity index (χ2n) is 7.20. The molecular weight excluding hydrogens is 465 g/mol. The molecular formula is C20H22ClF3N6O3. The molecule has 0 radical (unpaired) electrons. The largest absolute Gasteiger partial charge is 0.490 e. The van der Waals surface area contributed by atoms with Crippen LogP contribution in [0.4, 0.5) is 24.7 Å². The molecule has 2 aromatic heterocycles. The zero-order chi connectivity index (χ0) is 24.2. The van der Waals surface area contributed by atoms with Gasteiger partial charge in [-0.25, -0.2) is 14.8 Å². The zero-order valence-electron chi connectivity index (χ0n) is 17.6. The summed E-state index contributed by atoms with van der Waals surface area (Å²) in [4.78, 5) is 22.1. The maximum absolute atomic E-state index is 10.6. The van der Waals surface area contributed by atoms with E-state index in [2.05, 4.69) is 36.9 Å². The van der Waals surface area contributed by atoms with Crippen LogP contribution in [0.15, 0.2) is 30.6 Å². The molecule has 3 heterocycles. The Bertz CT molecular complexity index is 1110. The second kappa shape index (κ2) is 10.2. The molecule has 1 aliphatic rings. The average Bonchev–Trinajstić information content (AvgIpc) is 3.22. The van der Waals surface area contributed by atoms with Crippen molar-refractivity contribution in [2.75, 3.05) is 36.0 Å². The van der Waals surface area contributed by atoms with Crippen LogP contribution >= 0.6 is 11.6 Å². The van der Waals surface area contributed by atoms with Gasteiger partial charge in [0, 0.05) is 30.3 Å². The van der Waals surface area contributed by atoms with Crippen LogP contribution in [0.3, 0.4) is 0 Å². The molecule has 0 amide bonds. The Balaban J connectivity index is 0.000000383. The van der Waals surface area contributed by atoms with E-state index in [1.165, 1.54) is 0 Å². The highest BCUT2D eigenvalue weighted by Crippen LogP contribution is 2.29. The summed E-state index contributed by atoms with van der Waals surface area (Å²) in [5.74, 6) is -1.88. The van der Waals surface area contributed by atoms with Crippen LogP contribution in [0.5, 0.6) is 0 Å². The molecule has 33 heavy (non-hydrogen) atoms. The molecule has 1 unspecified atom stereocenters. The molecule has 9 nitrogen and oxygen atoms in total. The Morgan fingerprint density at radius 1 is 1.30 bits per heavy atom. The Labute approximate surface area is 191 Å². The van der Waals surface area contributed by atoms with Gasteiger partial charge in [-0.05, 0) is 24.6 Å². The summed E-state index contributed by atoms with van der Waals surface area (Å²) >= 11 is 6.14. The number of aliphatic carboxylic acids is 1. The highest BCUT2D eigenvalue weighted by atomic mass is 35.5. The monoisotopic (exact) mass is 486 g/mol. The number of anilines is 2. The molecule has 1 saturated heterocycles. The number of carboxylic acid groups (broad SMARTS) is 1. The predicted molar refractivity (Wildman–Crippen MR) is 117 cm³/mol. The molecule has 1 fully saturated rings. The van der Waals surface area contributed by atoms with E-state index in [1.54, 1.807) is 6.33 Å². The van der Waals surface area contributed by atoms with Crippen molar-refractivity contribution in [2.24, 2.45) is 0 Å². The number of piperazine rings is 1. The number of nitrogens with one attached hydrogen (secondary N) is 1. The summed E-state index contributed by atoms with van der Waals surface area (Å²) < 4.78 is 31.7. The van der Waals surface area contributed by atoms with Gasteiger partial charge < -0.3 is 20.0 Å². The number of halogens is 4. The molecule has 13 heteroatoms. The maximum Gasteiger partial charge on any atom is 0.490 e. The third-order valence-corrected chi connectivity index (χ3v) is 5.36. The minimum Gasteiger partial charge on any atom is -0.475 e. The third kappa shape index (κ3) is 5.63. The molecule has 3 aromatic rings. The number of aryl methyl sites for hydroxylation is 1. The zero-order valence-corrected chi connectivity index (χ0v) is 18.3. The minimum atomic E-state index is -5.08. The van der Waals surface area contributed by atoms with Crippen molar-refractivity contribution >= 4 is 40.1 Å². The number of aromatic nitrogens is 4. The van der Waals surface area contributed by atoms with Crippen molar-refractivity contribution in [3.8, 4) is 0 Å². The van der Waals surface area contributed by atoms with Crippen LogP contribution in [0, 0.1) is 0 Å². The van der Waals surface area contributed by atoms with Gasteiger partial charge in [0.2, 0.25) is 0 Å². The fraction of sp³-hybridized carbons (Fsp3) is 0.400. The van der Waals surface area contributed by atoms with E-state index in [0.717, 1.165) is 47.7 Å². The molecule has 0 aliphatic carbocycles. The van der Waals surface area contributed by atoms with Gasteiger partial charge in [0.25, 0.3) is 0 Å². The van der Waals surface area contributed by atoms with E-state index in [0.29, 0.717) is 11.6 Å². The predicted octanol–water partition coefficient (Wildman–Crippen LogP) is 2.89. The standard InChI is InChI=1S/C18H21ClN6O.C2HF3O2/c1-2-15-16-17(23-22-15)20-11-21-18(16)24-6-7-25(14(9-24)10-26)13-5-3-4-12(19)8-13;3-2(4,5)1(6)7/h3-5,8,11,14,26H,2,6-7,9-10H2,1H3,(H,20,21,22,23);(H,6,7). The number of nitrogens with zero attached hydrogens (tertiary/aromatic N) is 5. The lowest BCUT2D eigenvalue weighted by atomic mass is 10.1. The Morgan fingerprint density at radius 2 is 2.03 bits per heavy atom. The van der Waals surface area contributed by atoms with Crippen molar-refractivity contribution in [2.45, 2.75) is 25.6 Å². The summed E-state index contributed by atoms with van der Waals surface area (Å²) in [6.45, 7) is 4.37. The quantitative estimate of drug-likeness (QED) is 0.515. The minimum absolute atomic E-state index is 0.0378. The smallest absolute Gasteiger partial charge is 0.475 e. The number of aromatic amines is 1. The molecule has 1 atom stereocenters. The average molecular weight is 487 g/mol. The lowest BCUT2D eigenvalue weighted by molar-refractivity contribution is -0.192. The van der Waals surface area contributed by atoms with Gasteiger partial charge in [0.1, 0.15) is 12.1 Å². The molecule has 4 rings (SSSR count). The van der Waals surface area contributed by atoms with Gasteiger partial charge in [-0.2, -0.15) is 18.3 Å². The number of alkyl halides is 3. The van der Waals surface area contributed by atoms with Crippen LogP contribution in [0.25, 0.3) is 11.0 Å². The number of rotatable bonds is 4. The Kier molecular flexibility index (Phi) is 7.59. The first-order chi connectivity index (χ1) is 15.7. The summed E-state index contributed by atoms with van der Waals surface area (Å²) in [5, 5.41) is 26.1. The van der Waals surface area contributed by atoms with E-state index < -0.39 is 12.1 Å². The highest BCUT2D eigenvalue weighted by molar-refractivity contribution is 6.30. The number of aliphatic hydroxyl groups is 1. The molecule has 0 saturated carbocycles. The van der Waals surface area contributed by atoms with Crippen molar-refractivity contribution < 1.29 is 28.2 Å². The number of fused-ring (bicyclic) bond motifs is 1. The molecule has 1 aromatic carbocycles. The van der Waals surface area contributed by atoms with E-state index in [-0.39, 0.29) is 12.6 Å². The van der Waals surface area contributed by atoms with Crippen LogP contribution in [0.2, 0.25) is 5.02 Å². The Hall–Kier alpha value is -3.12. The number of hydrogen-bond donors (Lipinski definition) is 3. The van der Waals surface area contributed by atoms with Gasteiger partial charge in [-0.1, -0.05) is 24.6 Å². The van der Waals surface area contributed by atoms with Crippen molar-refractivity contribution in [3.63, 3.8) is 0 Å². The first-order valence-electron chi connectivity index (χ1n) is 10.0. The van der Waals surface area contributed by atoms with E-state index in [4.69, 9.17) is 21.5 Å². The number of aliphatic hydroxyl groups excluding tert-OH is 1. The number of benzene rings is 1. The lowest BCUT2D eigenvalue weighted by Crippen LogP contribution is -2.55. The third-order valence-electron chi connectivity index (χ3n) is 5.12. The summed E-state index contributed by atoms with van der Waals surface area (Å²) in [5.41, 5.74) is 2.75. The maximum atomic E-state index is 10.6. The lowest BCUT2D eigenvalue weighted by Gasteiger charge is -2.42. The van der Waals surface area contributed by atoms with Gasteiger partial charge in [-0.15, -0.1) is 0 Å². The molecule has 0 spiro atoms. The van der Waals surface area contributed by atoms with Crippen LogP contribution in [-0.2, 0) is 11.2 Å². The fourth-order valence-corrected chi connectivity index (χ4v) is 3.78. The molecule has 178 valence electrons. The number of hydrogen-bond acceptors (Lipinski definition) is 7. The van der Waals surface area contributed by atoms with Crippen molar-refractivity contribution in [3.05, 3.63) is 41.3 Å². The Morgan fingerprint density at radius 3 is 2.64 bits per heavy atom. The van der Waals surface area contributed by atoms with E-state index in [9.17, 15) is 18.3 Å². The van der Waals surface area contributed by atoms with Crippen molar-refractivity contribution in [1.82, 2.24) is 20.2 Å². The van der Waals surface area contributed by atoms with Gasteiger partial charge in [0.05, 0.1) is 23.7 Å². The molecule has 1 aliphatic heterocycles. The highest BCUT2D eigenvalue weighted by Gasteiger charge is 2.38. The topological polar surface area (TPSA) is 118 Å². The van der Waals surface area contributed by atoms with Gasteiger partial charge in [0.15, 0.2) is 5.65 Å². The van der Waals surface area contributed by atoms with Crippen molar-refractivity contribution in [1.29, 1.82) is 0 Å². The first-order valence-corrected chi connectivity index (χ1v) is 10.4. The van der Waals surface area contributed by atoms with Crippen LogP contribution in [-0.4, -0.2) is 74.8 Å². The number of carboxylic acids is 1. The number of carbonyl (C=O) groups is 1. The van der Waals surface area contributed by atoms with E-state index >= 15 is 0 Å². The SMILES string of the molecule is CCc1n[nH]c2ncnc(N3CCN(c4cccc(Cl)c4)C(CO)C3)c12.O=C(O)C(F)(F)F. The van der Waals surface area contributed by atoms with Gasteiger partial charge >= 0.3 is 12.1 Å². The number of H-pyrrole nitrogens is 1. The fourth-order valence-electron chi connectivity index (χ4n) is 3.60. The second-order valence-corrected chi connectivity index (χ2v) is 7.64. The normalized spacial score (nSPS) is 16.5. The summed E-state index contributed by atoms with van der Waals surface area (Å²) in [7, 11) is 0. The molecule has 0 bridgehead atoms. The van der Waals surface area contributed by atoms with Crippen LogP contribution < -0.4 is 9.80 Å².